The van der Waals surface area contributed by atoms with Gasteiger partial charge < -0.3 is 38.5 Å². The van der Waals surface area contributed by atoms with E-state index < -0.39 is 47.5 Å². The number of anilines is 2. The number of amides is 2. The van der Waals surface area contributed by atoms with Crippen molar-refractivity contribution in [2.75, 3.05) is 136 Å². The van der Waals surface area contributed by atoms with Gasteiger partial charge in [0.05, 0.1) is 20.3 Å². The van der Waals surface area contributed by atoms with Gasteiger partial charge in [0, 0.05) is 124 Å². The van der Waals surface area contributed by atoms with Gasteiger partial charge in [-0.3, -0.25) is 20.0 Å². The molecule has 65 heavy (non-hydrogen) atoms. The molecule has 366 valence electrons. The number of piperidine rings is 2. The number of piperazine rings is 2. The number of halogens is 2. The molecular formula is C41H64F2N8O12S2. The van der Waals surface area contributed by atoms with Gasteiger partial charge in [0.2, 0.25) is 20.0 Å². The van der Waals surface area contributed by atoms with Crippen molar-refractivity contribution >= 4 is 43.2 Å². The minimum atomic E-state index is -4.06. The smallest absolute Gasteiger partial charge is 0.394 e. The Bertz CT molecular complexity index is 2050. The summed E-state index contributed by atoms with van der Waals surface area (Å²) in [4.78, 5) is 33.4. The molecule has 0 aliphatic carbocycles. The summed E-state index contributed by atoms with van der Waals surface area (Å²) in [6.45, 7) is 7.30. The summed E-state index contributed by atoms with van der Waals surface area (Å²) >= 11 is 0. The molecule has 0 saturated carbocycles. The molecule has 2 aromatic carbocycles. The Morgan fingerprint density at radius 1 is 0.600 bits per heavy atom. The molecule has 0 radical (unpaired) electrons. The second-order valence-electron chi connectivity index (χ2n) is 16.4. The number of nitrogens with zero attached hydrogens (tertiary/aromatic N) is 6. The van der Waals surface area contributed by atoms with Crippen LogP contribution in [0.2, 0.25) is 0 Å². The quantitative estimate of drug-likeness (QED) is 0.129. The van der Waals surface area contributed by atoms with Gasteiger partial charge >= 0.3 is 6.11 Å². The molecule has 0 spiro atoms. The maximum Gasteiger partial charge on any atom is 0.394 e. The highest BCUT2D eigenvalue weighted by Crippen LogP contribution is 2.36. The average molecular weight is 963 g/mol. The molecule has 4 heterocycles. The lowest BCUT2D eigenvalue weighted by Gasteiger charge is -2.44. The number of methoxy groups -OCH3 is 3. The van der Waals surface area contributed by atoms with Gasteiger partial charge in [-0.1, -0.05) is 0 Å². The van der Waals surface area contributed by atoms with E-state index in [0.717, 1.165) is 17.1 Å². The predicted octanol–water partition coefficient (Wildman–Crippen LogP) is 1.25. The minimum Gasteiger partial charge on any atom is -0.497 e. The average Bonchev–Trinajstić information content (AvgIpc) is 3.32. The lowest BCUT2D eigenvalue weighted by Crippen LogP contribution is -2.63. The number of nitrogens with one attached hydrogen (secondary N) is 2. The van der Waals surface area contributed by atoms with Gasteiger partial charge in [-0.2, -0.15) is 17.4 Å². The number of rotatable bonds is 17. The zero-order chi connectivity index (χ0) is 47.5. The Labute approximate surface area is 380 Å². The lowest BCUT2D eigenvalue weighted by atomic mass is 9.95. The second kappa shape index (κ2) is 22.7. The van der Waals surface area contributed by atoms with Crippen LogP contribution in [-0.4, -0.2) is 199 Å². The topological polar surface area (TPSA) is 223 Å². The van der Waals surface area contributed by atoms with Crippen LogP contribution in [0.15, 0.2) is 48.5 Å². The van der Waals surface area contributed by atoms with Crippen molar-refractivity contribution in [3.8, 4) is 11.5 Å². The summed E-state index contributed by atoms with van der Waals surface area (Å²) < 4.78 is 99.6. The van der Waals surface area contributed by atoms with E-state index in [1.54, 1.807) is 44.4 Å². The molecule has 4 aliphatic rings. The summed E-state index contributed by atoms with van der Waals surface area (Å²) in [6, 6.07) is 13.8. The number of likely N-dealkylation sites (tertiary alicyclic amines) is 2. The Morgan fingerprint density at radius 3 is 1.23 bits per heavy atom. The molecule has 0 bridgehead atoms. The van der Waals surface area contributed by atoms with E-state index in [2.05, 4.69) is 14.5 Å². The van der Waals surface area contributed by atoms with E-state index >= 15 is 0 Å². The first-order chi connectivity index (χ1) is 30.9. The van der Waals surface area contributed by atoms with E-state index in [1.165, 1.54) is 20.7 Å². The molecule has 0 aromatic heterocycles. The summed E-state index contributed by atoms with van der Waals surface area (Å²) in [7, 11) is -3.21. The number of ether oxygens (including phenoxy) is 4. The Morgan fingerprint density at radius 2 is 0.938 bits per heavy atom. The SMILES string of the molecule is COCCN1CCC(C(=O)NO)(S(=O)(=O)N2CCN(c3ccc(OC(C)(F)F)cc3)CC2)CC1.COCCN1CCC(C(=O)NO)(S(=O)(=O)N2CCN(c3ccc(OC)cc3)CC2)CC1. The maximum atomic E-state index is 13.6. The van der Waals surface area contributed by atoms with E-state index in [9.17, 15) is 45.6 Å². The molecular weight excluding hydrogens is 899 g/mol. The molecule has 20 nitrogen and oxygen atoms in total. The third-order valence-electron chi connectivity index (χ3n) is 12.7. The molecule has 0 unspecified atom stereocenters. The maximum absolute atomic E-state index is 13.6. The first kappa shape index (κ1) is 52.0. The number of hydrogen-bond donors (Lipinski definition) is 4. The molecule has 24 heteroatoms. The van der Waals surface area contributed by atoms with Gasteiger partial charge in [-0.25, -0.2) is 27.8 Å². The first-order valence-electron chi connectivity index (χ1n) is 21.5. The molecule has 4 N–H and O–H groups in total. The van der Waals surface area contributed by atoms with Crippen molar-refractivity contribution in [2.24, 2.45) is 0 Å². The molecule has 6 rings (SSSR count). The third-order valence-corrected chi connectivity index (χ3v) is 17.9. The third kappa shape index (κ3) is 12.1. The van der Waals surface area contributed by atoms with Crippen LogP contribution in [0.25, 0.3) is 0 Å². The predicted molar refractivity (Wildman–Crippen MR) is 237 cm³/mol. The normalized spacial score (nSPS) is 20.3. The molecule has 4 aliphatic heterocycles. The molecule has 4 fully saturated rings. The monoisotopic (exact) mass is 962 g/mol. The van der Waals surface area contributed by atoms with Gasteiger partial charge in [0.25, 0.3) is 11.8 Å². The first-order valence-corrected chi connectivity index (χ1v) is 24.4. The van der Waals surface area contributed by atoms with Crippen LogP contribution in [0.1, 0.15) is 32.6 Å². The second-order valence-corrected chi connectivity index (χ2v) is 20.9. The highest BCUT2D eigenvalue weighted by molar-refractivity contribution is 7.91. The summed E-state index contributed by atoms with van der Waals surface area (Å²) in [6.07, 6.45) is -2.89. The van der Waals surface area contributed by atoms with Crippen molar-refractivity contribution in [3.05, 3.63) is 48.5 Å². The highest BCUT2D eigenvalue weighted by atomic mass is 32.2. The highest BCUT2D eigenvalue weighted by Gasteiger charge is 2.56. The van der Waals surface area contributed by atoms with E-state index in [-0.39, 0.29) is 57.6 Å². The standard InChI is InChI=1S/C21H32F2N4O6S.C20H32N4O6S/c1-20(22,23)33-18-5-3-17(4-6-18)26-11-13-27(14-12-26)34(30,31)21(19(28)24-29)7-9-25(10-8-21)15-16-32-2;1-29-16-15-22-9-7-20(8-10-22,19(25)21-26)31(27,28)24-13-11-23(12-14-24)17-3-5-18(30-2)6-4-17/h3-6,29H,7-16H2,1-2H3,(H,24,28);3-6,26H,7-16H2,1-2H3,(H,21,25). The van der Waals surface area contributed by atoms with Crippen LogP contribution in [-0.2, 0) is 39.1 Å². The number of hydrogen-bond acceptors (Lipinski definition) is 16. The number of carbonyl (C=O) groups excluding carboxylic acids is 2. The number of hydroxylamine groups is 2. The van der Waals surface area contributed by atoms with E-state index in [0.29, 0.717) is 85.6 Å². The number of carbonyl (C=O) groups is 2. The molecule has 0 atom stereocenters. The van der Waals surface area contributed by atoms with Crippen molar-refractivity contribution in [2.45, 2.75) is 48.2 Å². The summed E-state index contributed by atoms with van der Waals surface area (Å²) in [5.74, 6) is -0.967. The zero-order valence-corrected chi connectivity index (χ0v) is 39.1. The number of benzene rings is 2. The van der Waals surface area contributed by atoms with Crippen molar-refractivity contribution in [3.63, 3.8) is 0 Å². The van der Waals surface area contributed by atoms with Crippen LogP contribution in [0, 0.1) is 0 Å². The fourth-order valence-electron chi connectivity index (χ4n) is 8.72. The van der Waals surface area contributed by atoms with Crippen molar-refractivity contribution < 1.29 is 64.6 Å². The van der Waals surface area contributed by atoms with Gasteiger partial charge in [0.1, 0.15) is 11.5 Å². The van der Waals surface area contributed by atoms with Crippen molar-refractivity contribution in [1.29, 1.82) is 0 Å². The minimum absolute atomic E-state index is 0.0336. The molecule has 2 aromatic rings. The van der Waals surface area contributed by atoms with Gasteiger partial charge in [-0.15, -0.1) is 0 Å². The molecule has 2 amide bonds. The van der Waals surface area contributed by atoms with Gasteiger partial charge in [0.15, 0.2) is 9.49 Å². The number of alkyl halides is 2. The molecule has 4 saturated heterocycles. The largest absolute Gasteiger partial charge is 0.497 e. The summed E-state index contributed by atoms with van der Waals surface area (Å²) in [5, 5.41) is 18.6. The fourth-order valence-corrected chi connectivity index (χ4v) is 13.0. The van der Waals surface area contributed by atoms with Crippen molar-refractivity contribution in [1.82, 2.24) is 29.4 Å². The fraction of sp³-hybridized carbons (Fsp3) is 0.659. The van der Waals surface area contributed by atoms with E-state index in [4.69, 9.17) is 14.2 Å². The van der Waals surface area contributed by atoms with Gasteiger partial charge in [-0.05, 0) is 74.2 Å². The van der Waals surface area contributed by atoms with Crippen LogP contribution < -0.4 is 30.2 Å². The zero-order valence-electron chi connectivity index (χ0n) is 37.5. The van der Waals surface area contributed by atoms with Crippen LogP contribution in [0.3, 0.4) is 0 Å². The summed E-state index contributed by atoms with van der Waals surface area (Å²) in [5.41, 5.74) is 4.93. The van der Waals surface area contributed by atoms with E-state index in [1.807, 2.05) is 34.1 Å². The lowest BCUT2D eigenvalue weighted by molar-refractivity contribution is -0.159. The van der Waals surface area contributed by atoms with Crippen LogP contribution in [0.5, 0.6) is 11.5 Å². The Hall–Kier alpha value is -3.98. The Balaban J connectivity index is 0.000000245. The Kier molecular flexibility index (Phi) is 18.1. The van der Waals surface area contributed by atoms with Crippen LogP contribution >= 0.6 is 0 Å². The number of sulfonamides is 2. The van der Waals surface area contributed by atoms with Crippen LogP contribution in [0.4, 0.5) is 20.2 Å².